The lowest BCUT2D eigenvalue weighted by Crippen LogP contribution is -2.37. The Morgan fingerprint density at radius 3 is 3.05 bits per heavy atom. The number of carbonyl (C=O) groups excluding carboxylic acids is 1. The Labute approximate surface area is 117 Å². The number of rotatable bonds is 5. The minimum absolute atomic E-state index is 0.00156. The van der Waals surface area contributed by atoms with Crippen molar-refractivity contribution in [1.29, 1.82) is 0 Å². The second-order valence-electron chi connectivity index (χ2n) is 4.45. The molecule has 0 spiro atoms. The van der Waals surface area contributed by atoms with Crippen LogP contribution in [0.2, 0.25) is 0 Å². The van der Waals surface area contributed by atoms with Crippen LogP contribution in [-0.4, -0.2) is 38.1 Å². The van der Waals surface area contributed by atoms with Crippen LogP contribution in [-0.2, 0) is 32.5 Å². The van der Waals surface area contributed by atoms with E-state index in [1.165, 1.54) is 16.3 Å². The van der Waals surface area contributed by atoms with Gasteiger partial charge in [-0.25, -0.2) is 8.42 Å². The smallest absolute Gasteiger partial charge is 0.305 e. The summed E-state index contributed by atoms with van der Waals surface area (Å²) >= 11 is 1.68. The van der Waals surface area contributed by atoms with Gasteiger partial charge in [-0.3, -0.25) is 4.79 Å². The Hall–Kier alpha value is -0.920. The second kappa shape index (κ2) is 6.02. The molecular formula is C12H17NO4S2. The molecule has 2 heterocycles. The van der Waals surface area contributed by atoms with Crippen molar-refractivity contribution >= 4 is 27.3 Å². The zero-order valence-corrected chi connectivity index (χ0v) is 12.4. The Kier molecular flexibility index (Phi) is 4.59. The SMILES string of the molecule is COC(=O)CCCS(=O)(=O)N1CCc2sccc2C1. The van der Waals surface area contributed by atoms with Crippen LogP contribution in [0.25, 0.3) is 0 Å². The van der Waals surface area contributed by atoms with E-state index in [0.29, 0.717) is 19.5 Å². The maximum Gasteiger partial charge on any atom is 0.305 e. The first-order valence-electron chi connectivity index (χ1n) is 6.13. The lowest BCUT2D eigenvalue weighted by atomic mass is 10.1. The van der Waals surface area contributed by atoms with E-state index in [1.807, 2.05) is 11.4 Å². The summed E-state index contributed by atoms with van der Waals surface area (Å²) in [6.07, 6.45) is 1.23. The highest BCUT2D eigenvalue weighted by Gasteiger charge is 2.26. The molecule has 0 bridgehead atoms. The number of esters is 1. The summed E-state index contributed by atoms with van der Waals surface area (Å²) in [7, 11) is -1.97. The first-order chi connectivity index (χ1) is 9.03. The molecular weight excluding hydrogens is 286 g/mol. The van der Waals surface area contributed by atoms with E-state index in [2.05, 4.69) is 4.74 Å². The first-order valence-corrected chi connectivity index (χ1v) is 8.61. The fourth-order valence-electron chi connectivity index (χ4n) is 2.09. The van der Waals surface area contributed by atoms with Gasteiger partial charge in [0.1, 0.15) is 0 Å². The quantitative estimate of drug-likeness (QED) is 0.771. The van der Waals surface area contributed by atoms with Crippen molar-refractivity contribution in [3.05, 3.63) is 21.9 Å². The van der Waals surface area contributed by atoms with Crippen LogP contribution in [0.4, 0.5) is 0 Å². The van der Waals surface area contributed by atoms with Crippen molar-refractivity contribution in [2.45, 2.75) is 25.8 Å². The number of fused-ring (bicyclic) bond motifs is 1. The first kappa shape index (κ1) is 14.5. The maximum absolute atomic E-state index is 12.2. The minimum Gasteiger partial charge on any atom is -0.469 e. The summed E-state index contributed by atoms with van der Waals surface area (Å²) in [6.45, 7) is 0.994. The molecule has 19 heavy (non-hydrogen) atoms. The van der Waals surface area contributed by atoms with Crippen LogP contribution < -0.4 is 0 Å². The largest absolute Gasteiger partial charge is 0.469 e. The van der Waals surface area contributed by atoms with Gasteiger partial charge in [-0.15, -0.1) is 11.3 Å². The Morgan fingerprint density at radius 1 is 1.53 bits per heavy atom. The lowest BCUT2D eigenvalue weighted by molar-refractivity contribution is -0.140. The fraction of sp³-hybridized carbons (Fsp3) is 0.583. The molecule has 0 N–H and O–H groups in total. The van der Waals surface area contributed by atoms with Crippen molar-refractivity contribution in [3.63, 3.8) is 0 Å². The van der Waals surface area contributed by atoms with Gasteiger partial charge in [-0.05, 0) is 29.9 Å². The van der Waals surface area contributed by atoms with Crippen LogP contribution in [0.15, 0.2) is 11.4 Å². The van der Waals surface area contributed by atoms with Crippen molar-refractivity contribution in [1.82, 2.24) is 4.31 Å². The van der Waals surface area contributed by atoms with Gasteiger partial charge in [0, 0.05) is 24.4 Å². The molecule has 0 fully saturated rings. The molecule has 0 aromatic carbocycles. The zero-order chi connectivity index (χ0) is 13.9. The molecule has 5 nitrogen and oxygen atoms in total. The van der Waals surface area contributed by atoms with Gasteiger partial charge >= 0.3 is 5.97 Å². The fourth-order valence-corrected chi connectivity index (χ4v) is 4.45. The summed E-state index contributed by atoms with van der Waals surface area (Å²) in [5.41, 5.74) is 1.10. The predicted molar refractivity (Wildman–Crippen MR) is 73.5 cm³/mol. The average Bonchev–Trinajstić information content (AvgIpc) is 2.85. The molecule has 1 aromatic rings. The van der Waals surface area contributed by atoms with E-state index >= 15 is 0 Å². The number of methoxy groups -OCH3 is 1. The van der Waals surface area contributed by atoms with Crippen molar-refractivity contribution < 1.29 is 17.9 Å². The molecule has 106 valence electrons. The third-order valence-electron chi connectivity index (χ3n) is 3.18. The summed E-state index contributed by atoms with van der Waals surface area (Å²) in [6, 6.07) is 1.98. The molecule has 1 aliphatic heterocycles. The highest BCUT2D eigenvalue weighted by atomic mass is 32.2. The lowest BCUT2D eigenvalue weighted by Gasteiger charge is -2.26. The molecule has 0 unspecified atom stereocenters. The van der Waals surface area contributed by atoms with E-state index < -0.39 is 10.0 Å². The molecule has 0 radical (unpaired) electrons. The molecule has 7 heteroatoms. The van der Waals surface area contributed by atoms with Gasteiger partial charge in [0.2, 0.25) is 10.0 Å². The maximum atomic E-state index is 12.2. The molecule has 0 saturated heterocycles. The van der Waals surface area contributed by atoms with Crippen molar-refractivity contribution in [3.8, 4) is 0 Å². The molecule has 0 atom stereocenters. The number of hydrogen-bond acceptors (Lipinski definition) is 5. The third kappa shape index (κ3) is 3.55. The van der Waals surface area contributed by atoms with Crippen LogP contribution in [0.3, 0.4) is 0 Å². The van der Waals surface area contributed by atoms with E-state index in [4.69, 9.17) is 0 Å². The highest BCUT2D eigenvalue weighted by molar-refractivity contribution is 7.89. The molecule has 0 aliphatic carbocycles. The minimum atomic E-state index is -3.28. The van der Waals surface area contributed by atoms with Crippen molar-refractivity contribution in [2.24, 2.45) is 0 Å². The molecule has 1 aromatic heterocycles. The van der Waals surface area contributed by atoms with Gasteiger partial charge in [0.15, 0.2) is 0 Å². The van der Waals surface area contributed by atoms with Crippen molar-refractivity contribution in [2.75, 3.05) is 19.4 Å². The Balaban J connectivity index is 1.92. The van der Waals surface area contributed by atoms with E-state index in [-0.39, 0.29) is 18.1 Å². The van der Waals surface area contributed by atoms with E-state index in [9.17, 15) is 13.2 Å². The molecule has 1 aliphatic rings. The number of nitrogens with zero attached hydrogens (tertiary/aromatic N) is 1. The highest BCUT2D eigenvalue weighted by Crippen LogP contribution is 2.25. The number of thiophene rings is 1. The second-order valence-corrected chi connectivity index (χ2v) is 7.54. The number of sulfonamides is 1. The number of ether oxygens (including phenoxy) is 1. The molecule has 2 rings (SSSR count). The summed E-state index contributed by atoms with van der Waals surface area (Å²) < 4.78 is 30.3. The monoisotopic (exact) mass is 303 g/mol. The van der Waals surface area contributed by atoms with Gasteiger partial charge in [0.05, 0.1) is 12.9 Å². The van der Waals surface area contributed by atoms with Gasteiger partial charge < -0.3 is 4.74 Å². The number of hydrogen-bond donors (Lipinski definition) is 0. The normalized spacial score (nSPS) is 16.1. The van der Waals surface area contributed by atoms with Gasteiger partial charge in [-0.1, -0.05) is 0 Å². The van der Waals surface area contributed by atoms with Crippen LogP contribution in [0, 0.1) is 0 Å². The standard InChI is InChI=1S/C12H17NO4S2/c1-17-12(14)3-2-8-19(15,16)13-6-4-11-10(9-13)5-7-18-11/h5,7H,2-4,6,8-9H2,1H3. The average molecular weight is 303 g/mol. The molecule has 0 amide bonds. The van der Waals surface area contributed by atoms with Gasteiger partial charge in [0.25, 0.3) is 0 Å². The third-order valence-corrected chi connectivity index (χ3v) is 6.10. The summed E-state index contributed by atoms with van der Waals surface area (Å²) in [4.78, 5) is 12.3. The Bertz CT molecular complexity index is 550. The number of carbonyl (C=O) groups is 1. The van der Waals surface area contributed by atoms with Crippen LogP contribution in [0.1, 0.15) is 23.3 Å². The van der Waals surface area contributed by atoms with Crippen LogP contribution >= 0.6 is 11.3 Å². The predicted octanol–water partition coefficient (Wildman–Crippen LogP) is 1.39. The Morgan fingerprint density at radius 2 is 2.32 bits per heavy atom. The van der Waals surface area contributed by atoms with Crippen LogP contribution in [0.5, 0.6) is 0 Å². The zero-order valence-electron chi connectivity index (χ0n) is 10.8. The van der Waals surface area contributed by atoms with E-state index in [1.54, 1.807) is 11.3 Å². The van der Waals surface area contributed by atoms with Gasteiger partial charge in [-0.2, -0.15) is 4.31 Å². The molecule has 0 saturated carbocycles. The van der Waals surface area contributed by atoms with E-state index in [0.717, 1.165) is 12.0 Å². The summed E-state index contributed by atoms with van der Waals surface area (Å²) in [5.74, 6) is -0.365. The summed E-state index contributed by atoms with van der Waals surface area (Å²) in [5, 5.41) is 2.00. The topological polar surface area (TPSA) is 63.7 Å².